The van der Waals surface area contributed by atoms with Gasteiger partial charge in [-0.3, -0.25) is 0 Å². The number of halogens is 2. The molecule has 3 N–H and O–H groups in total. The number of nitrogens with one attached hydrogen (secondary N) is 2. The van der Waals surface area contributed by atoms with Crippen LogP contribution >= 0.6 is 12.2 Å². The highest BCUT2D eigenvalue weighted by Crippen LogP contribution is 2.16. The van der Waals surface area contributed by atoms with E-state index in [9.17, 15) is 18.7 Å². The van der Waals surface area contributed by atoms with Crippen LogP contribution in [0.4, 0.5) is 8.78 Å². The number of allylic oxidation sites excluding steroid dienone is 1. The molecule has 2 rings (SSSR count). The van der Waals surface area contributed by atoms with Crippen molar-refractivity contribution < 1.29 is 23.4 Å². The number of rotatable bonds is 4. The molecule has 0 radical (unpaired) electrons. The smallest absolute Gasteiger partial charge is 0.338 e. The van der Waals surface area contributed by atoms with Crippen molar-refractivity contribution in [2.24, 2.45) is 0 Å². The molecular weight excluding hydrogens is 314 g/mol. The van der Waals surface area contributed by atoms with E-state index in [1.165, 1.54) is 0 Å². The van der Waals surface area contributed by atoms with E-state index >= 15 is 0 Å². The number of carbonyl (C=O) groups excluding carboxylic acids is 1. The zero-order valence-electron chi connectivity index (χ0n) is 11.7. The van der Waals surface area contributed by atoms with Gasteiger partial charge < -0.3 is 20.5 Å². The molecule has 0 aromatic heterocycles. The largest absolute Gasteiger partial charge is 0.457 e. The van der Waals surface area contributed by atoms with E-state index in [-0.39, 0.29) is 24.4 Å². The standard InChI is InChI=1S/C14H14F2N2O3S/c1-7-12(11(5-19)18-14(22)17-7)13(20)21-6-8-2-9(15)4-10(16)3-8/h2-4,11,19H,5-6H2,1H3,(H2,17,18,22). The van der Waals surface area contributed by atoms with Crippen LogP contribution in [-0.4, -0.2) is 28.8 Å². The molecule has 0 fully saturated rings. The molecule has 1 aliphatic heterocycles. The van der Waals surface area contributed by atoms with Crippen molar-refractivity contribution in [3.05, 3.63) is 46.7 Å². The molecule has 1 aromatic carbocycles. The van der Waals surface area contributed by atoms with Crippen molar-refractivity contribution >= 4 is 23.3 Å². The summed E-state index contributed by atoms with van der Waals surface area (Å²) in [6, 6.07) is 2.20. The Bertz CT molecular complexity index is 629. The number of benzene rings is 1. The van der Waals surface area contributed by atoms with E-state index in [1.54, 1.807) is 6.92 Å². The van der Waals surface area contributed by atoms with Gasteiger partial charge in [0.1, 0.15) is 18.2 Å². The maximum absolute atomic E-state index is 13.1. The molecule has 1 atom stereocenters. The van der Waals surface area contributed by atoms with Crippen molar-refractivity contribution in [3.63, 3.8) is 0 Å². The topological polar surface area (TPSA) is 70.6 Å². The minimum atomic E-state index is -0.749. The third kappa shape index (κ3) is 3.77. The second-order valence-corrected chi connectivity index (χ2v) is 5.13. The first kappa shape index (κ1) is 16.3. The van der Waals surface area contributed by atoms with Gasteiger partial charge in [-0.25, -0.2) is 13.6 Å². The summed E-state index contributed by atoms with van der Waals surface area (Å²) in [6.07, 6.45) is 0. The molecule has 1 unspecified atom stereocenters. The van der Waals surface area contributed by atoms with Gasteiger partial charge >= 0.3 is 5.97 Å². The Hall–Kier alpha value is -2.06. The molecule has 0 saturated heterocycles. The molecule has 0 amide bonds. The lowest BCUT2D eigenvalue weighted by molar-refractivity contribution is -0.141. The second kappa shape index (κ2) is 6.80. The van der Waals surface area contributed by atoms with Gasteiger partial charge in [0.05, 0.1) is 18.2 Å². The average molecular weight is 328 g/mol. The van der Waals surface area contributed by atoms with Gasteiger partial charge in [0, 0.05) is 11.8 Å². The number of aliphatic hydroxyl groups excluding tert-OH is 1. The first-order valence-corrected chi connectivity index (χ1v) is 6.82. The second-order valence-electron chi connectivity index (χ2n) is 4.73. The lowest BCUT2D eigenvalue weighted by Gasteiger charge is -2.28. The summed E-state index contributed by atoms with van der Waals surface area (Å²) in [7, 11) is 0. The average Bonchev–Trinajstić information content (AvgIpc) is 2.42. The molecule has 0 spiro atoms. The fourth-order valence-electron chi connectivity index (χ4n) is 2.12. The quantitative estimate of drug-likeness (QED) is 0.568. The lowest BCUT2D eigenvalue weighted by atomic mass is 10.0. The summed E-state index contributed by atoms with van der Waals surface area (Å²) >= 11 is 4.93. The Kier molecular flexibility index (Phi) is 5.04. The molecule has 0 bridgehead atoms. The van der Waals surface area contributed by atoms with Gasteiger partial charge in [-0.1, -0.05) is 0 Å². The number of ether oxygens (including phenoxy) is 1. The zero-order chi connectivity index (χ0) is 16.3. The normalized spacial score (nSPS) is 17.8. The van der Waals surface area contributed by atoms with E-state index in [1.807, 2.05) is 0 Å². The highest BCUT2D eigenvalue weighted by atomic mass is 32.1. The van der Waals surface area contributed by atoms with Crippen LogP contribution in [0, 0.1) is 11.6 Å². The first-order chi connectivity index (χ1) is 10.4. The van der Waals surface area contributed by atoms with Crippen molar-refractivity contribution in [2.45, 2.75) is 19.6 Å². The number of esters is 1. The molecule has 22 heavy (non-hydrogen) atoms. The maximum atomic E-state index is 13.1. The van der Waals surface area contributed by atoms with Gasteiger partial charge in [-0.05, 0) is 36.8 Å². The molecule has 5 nitrogen and oxygen atoms in total. The van der Waals surface area contributed by atoms with E-state index in [4.69, 9.17) is 17.0 Å². The van der Waals surface area contributed by atoms with Gasteiger partial charge in [0.25, 0.3) is 0 Å². The predicted molar refractivity (Wildman–Crippen MR) is 78.6 cm³/mol. The maximum Gasteiger partial charge on any atom is 0.338 e. The molecule has 0 aliphatic carbocycles. The summed E-state index contributed by atoms with van der Waals surface area (Å²) in [6.45, 7) is 0.985. The van der Waals surface area contributed by atoms with Crippen LogP contribution in [0.5, 0.6) is 0 Å². The van der Waals surface area contributed by atoms with Crippen LogP contribution in [0.1, 0.15) is 12.5 Å². The number of hydrogen-bond acceptors (Lipinski definition) is 4. The highest BCUT2D eigenvalue weighted by Gasteiger charge is 2.29. The number of carbonyl (C=O) groups is 1. The van der Waals surface area contributed by atoms with Gasteiger partial charge in [-0.15, -0.1) is 0 Å². The van der Waals surface area contributed by atoms with Crippen molar-refractivity contribution in [3.8, 4) is 0 Å². The third-order valence-corrected chi connectivity index (χ3v) is 3.27. The molecule has 1 heterocycles. The van der Waals surface area contributed by atoms with Crippen molar-refractivity contribution in [1.29, 1.82) is 0 Å². The summed E-state index contributed by atoms with van der Waals surface area (Å²) in [5, 5.41) is 15.1. The van der Waals surface area contributed by atoms with E-state index in [0.29, 0.717) is 10.8 Å². The lowest BCUT2D eigenvalue weighted by Crippen LogP contribution is -2.51. The monoisotopic (exact) mass is 328 g/mol. The number of thiocarbonyl (C=S) groups is 1. The molecule has 0 saturated carbocycles. The van der Waals surface area contributed by atoms with Gasteiger partial charge in [-0.2, -0.15) is 0 Å². The Morgan fingerprint density at radius 2 is 2.00 bits per heavy atom. The minimum Gasteiger partial charge on any atom is -0.457 e. The molecule has 1 aromatic rings. The van der Waals surface area contributed by atoms with Crippen LogP contribution in [-0.2, 0) is 16.1 Å². The Balaban J connectivity index is 2.11. The van der Waals surface area contributed by atoms with Gasteiger partial charge in [0.2, 0.25) is 0 Å². The van der Waals surface area contributed by atoms with Crippen molar-refractivity contribution in [2.75, 3.05) is 6.61 Å². The predicted octanol–water partition coefficient (Wildman–Crippen LogP) is 1.12. The molecule has 118 valence electrons. The molecular formula is C14H14F2N2O3S. The summed E-state index contributed by atoms with van der Waals surface area (Å²) in [5.41, 5.74) is 0.836. The van der Waals surface area contributed by atoms with Crippen LogP contribution in [0.25, 0.3) is 0 Å². The summed E-state index contributed by atoms with van der Waals surface area (Å²) in [5.74, 6) is -2.20. The summed E-state index contributed by atoms with van der Waals surface area (Å²) < 4.78 is 31.2. The fourth-order valence-corrected chi connectivity index (χ4v) is 2.41. The first-order valence-electron chi connectivity index (χ1n) is 6.42. The Morgan fingerprint density at radius 1 is 1.36 bits per heavy atom. The van der Waals surface area contributed by atoms with Crippen LogP contribution in [0.15, 0.2) is 29.5 Å². The number of hydrogen-bond donors (Lipinski definition) is 3. The third-order valence-electron chi connectivity index (χ3n) is 3.05. The van der Waals surface area contributed by atoms with Crippen molar-refractivity contribution in [1.82, 2.24) is 10.6 Å². The summed E-state index contributed by atoms with van der Waals surface area (Å²) in [4.78, 5) is 12.1. The Labute approximate surface area is 131 Å². The zero-order valence-corrected chi connectivity index (χ0v) is 12.5. The minimum absolute atomic E-state index is 0.188. The molecule has 8 heteroatoms. The van der Waals surface area contributed by atoms with Crippen LogP contribution < -0.4 is 10.6 Å². The van der Waals surface area contributed by atoms with Crippen LogP contribution in [0.3, 0.4) is 0 Å². The Morgan fingerprint density at radius 3 is 2.59 bits per heavy atom. The number of aliphatic hydroxyl groups is 1. The van der Waals surface area contributed by atoms with Gasteiger partial charge in [0.15, 0.2) is 5.11 Å². The van der Waals surface area contributed by atoms with E-state index in [2.05, 4.69) is 10.6 Å². The molecule has 1 aliphatic rings. The fraction of sp³-hybridized carbons (Fsp3) is 0.286. The highest BCUT2D eigenvalue weighted by molar-refractivity contribution is 7.80. The van der Waals surface area contributed by atoms with E-state index < -0.39 is 23.6 Å². The SMILES string of the molecule is CC1=C(C(=O)OCc2cc(F)cc(F)c2)C(CO)NC(=S)N1. The van der Waals surface area contributed by atoms with Crippen LogP contribution in [0.2, 0.25) is 0 Å². The van der Waals surface area contributed by atoms with E-state index in [0.717, 1.165) is 18.2 Å².